The average Bonchev–Trinajstić information content (AvgIpc) is 2.39. The molecule has 18 heavy (non-hydrogen) atoms. The van der Waals surface area contributed by atoms with Crippen LogP contribution in [0.3, 0.4) is 0 Å². The van der Waals surface area contributed by atoms with Crippen molar-refractivity contribution in [1.29, 1.82) is 0 Å². The maximum atomic E-state index is 12.2. The highest BCUT2D eigenvalue weighted by Gasteiger charge is 2.29. The number of fused-ring (bicyclic) bond motifs is 1. The number of carbonyl (C=O) groups excluding carboxylic acids is 1. The summed E-state index contributed by atoms with van der Waals surface area (Å²) in [5.41, 5.74) is 2.54. The van der Waals surface area contributed by atoms with Crippen LogP contribution >= 0.6 is 12.4 Å². The maximum Gasteiger partial charge on any atom is 0.227 e. The summed E-state index contributed by atoms with van der Waals surface area (Å²) in [7, 11) is 0. The first-order chi connectivity index (χ1) is 8.34. The first-order valence-corrected chi connectivity index (χ1v) is 6.41. The van der Waals surface area contributed by atoms with E-state index in [-0.39, 0.29) is 12.4 Å². The summed E-state index contributed by atoms with van der Waals surface area (Å²) in [6.45, 7) is 2.88. The summed E-state index contributed by atoms with van der Waals surface area (Å²) in [6, 6.07) is 8.75. The third-order valence-electron chi connectivity index (χ3n) is 3.87. The lowest BCUT2D eigenvalue weighted by Crippen LogP contribution is -2.48. The topological polar surface area (TPSA) is 32.3 Å². The van der Waals surface area contributed by atoms with Crippen LogP contribution < -0.4 is 5.32 Å². The number of rotatable bonds is 1. The lowest BCUT2D eigenvalue weighted by atomic mass is 9.95. The number of piperidine rings is 1. The van der Waals surface area contributed by atoms with E-state index in [0.29, 0.717) is 18.4 Å². The summed E-state index contributed by atoms with van der Waals surface area (Å²) in [5.74, 6) is 0.301. The third kappa shape index (κ3) is 2.52. The van der Waals surface area contributed by atoms with Crippen molar-refractivity contribution in [2.24, 2.45) is 0 Å². The number of benzene rings is 1. The molecule has 0 aliphatic carbocycles. The van der Waals surface area contributed by atoms with Gasteiger partial charge < -0.3 is 10.2 Å². The number of nitrogens with one attached hydrogen (secondary N) is 1. The molecule has 0 aromatic heterocycles. The standard InChI is InChI=1S/C14H18N2O.ClH/c17-14-9-11-3-1-2-4-12(11)10-16(14)13-5-7-15-8-6-13;/h1-4,13,15H,5-10H2;1H. The third-order valence-corrected chi connectivity index (χ3v) is 3.87. The van der Waals surface area contributed by atoms with Gasteiger partial charge in [0.25, 0.3) is 0 Å². The molecule has 0 unspecified atom stereocenters. The first kappa shape index (κ1) is 13.4. The Hall–Kier alpha value is -1.06. The van der Waals surface area contributed by atoms with E-state index in [0.717, 1.165) is 32.5 Å². The molecular formula is C14H19ClN2O. The fourth-order valence-electron chi connectivity index (χ4n) is 2.87. The van der Waals surface area contributed by atoms with Crippen molar-refractivity contribution in [2.45, 2.75) is 31.8 Å². The highest BCUT2D eigenvalue weighted by atomic mass is 35.5. The van der Waals surface area contributed by atoms with E-state index in [2.05, 4.69) is 28.4 Å². The second-order valence-corrected chi connectivity index (χ2v) is 4.95. The Kier molecular flexibility index (Phi) is 4.25. The summed E-state index contributed by atoms with van der Waals surface area (Å²) >= 11 is 0. The van der Waals surface area contributed by atoms with Gasteiger partial charge in [-0.15, -0.1) is 12.4 Å². The number of amides is 1. The van der Waals surface area contributed by atoms with Gasteiger partial charge in [0.05, 0.1) is 6.42 Å². The van der Waals surface area contributed by atoms with Crippen molar-refractivity contribution in [3.05, 3.63) is 35.4 Å². The lowest BCUT2D eigenvalue weighted by molar-refractivity contribution is -0.135. The molecule has 2 heterocycles. The average molecular weight is 267 g/mol. The molecule has 1 aromatic rings. The van der Waals surface area contributed by atoms with Crippen LogP contribution in [0.4, 0.5) is 0 Å². The zero-order valence-corrected chi connectivity index (χ0v) is 11.2. The van der Waals surface area contributed by atoms with Gasteiger partial charge in [-0.05, 0) is 37.1 Å². The Balaban J connectivity index is 0.00000120. The van der Waals surface area contributed by atoms with E-state index < -0.39 is 0 Å². The summed E-state index contributed by atoms with van der Waals surface area (Å²) in [4.78, 5) is 14.2. The van der Waals surface area contributed by atoms with Gasteiger partial charge in [0.1, 0.15) is 0 Å². The van der Waals surface area contributed by atoms with E-state index in [1.165, 1.54) is 11.1 Å². The SMILES string of the molecule is Cl.O=C1Cc2ccccc2CN1C1CCNCC1. The van der Waals surface area contributed by atoms with Crippen LogP contribution in [0.15, 0.2) is 24.3 Å². The maximum absolute atomic E-state index is 12.2. The van der Waals surface area contributed by atoms with Crippen molar-refractivity contribution in [2.75, 3.05) is 13.1 Å². The molecule has 1 N–H and O–H groups in total. The normalized spacial score (nSPS) is 20.2. The van der Waals surface area contributed by atoms with Crippen molar-refractivity contribution >= 4 is 18.3 Å². The largest absolute Gasteiger partial charge is 0.335 e. The number of hydrogen-bond acceptors (Lipinski definition) is 2. The summed E-state index contributed by atoms with van der Waals surface area (Å²) < 4.78 is 0. The van der Waals surface area contributed by atoms with Crippen molar-refractivity contribution in [1.82, 2.24) is 10.2 Å². The molecule has 2 aliphatic rings. The molecule has 4 heteroatoms. The van der Waals surface area contributed by atoms with Crippen molar-refractivity contribution < 1.29 is 4.79 Å². The van der Waals surface area contributed by atoms with Gasteiger partial charge in [-0.3, -0.25) is 4.79 Å². The molecule has 0 atom stereocenters. The molecule has 1 fully saturated rings. The van der Waals surface area contributed by atoms with E-state index in [4.69, 9.17) is 0 Å². The zero-order chi connectivity index (χ0) is 11.7. The molecular weight excluding hydrogens is 248 g/mol. The predicted octanol–water partition coefficient (Wildman–Crippen LogP) is 1.75. The molecule has 3 rings (SSSR count). The van der Waals surface area contributed by atoms with Crippen LogP contribution in [-0.2, 0) is 17.8 Å². The molecule has 2 aliphatic heterocycles. The molecule has 1 amide bonds. The second kappa shape index (κ2) is 5.72. The molecule has 0 bridgehead atoms. The Morgan fingerprint density at radius 3 is 2.50 bits per heavy atom. The first-order valence-electron chi connectivity index (χ1n) is 6.41. The zero-order valence-electron chi connectivity index (χ0n) is 10.4. The van der Waals surface area contributed by atoms with Crippen LogP contribution in [0.5, 0.6) is 0 Å². The van der Waals surface area contributed by atoms with Crippen LogP contribution in [0.1, 0.15) is 24.0 Å². The van der Waals surface area contributed by atoms with Crippen LogP contribution in [0.2, 0.25) is 0 Å². The molecule has 1 aromatic carbocycles. The number of hydrogen-bond donors (Lipinski definition) is 1. The van der Waals surface area contributed by atoms with E-state index in [9.17, 15) is 4.79 Å². The van der Waals surface area contributed by atoms with Crippen molar-refractivity contribution in [3.8, 4) is 0 Å². The lowest BCUT2D eigenvalue weighted by Gasteiger charge is -2.37. The minimum atomic E-state index is 0. The Labute approximate surface area is 114 Å². The van der Waals surface area contributed by atoms with Crippen LogP contribution in [0.25, 0.3) is 0 Å². The van der Waals surface area contributed by atoms with Gasteiger partial charge in [-0.25, -0.2) is 0 Å². The van der Waals surface area contributed by atoms with Gasteiger partial charge in [-0.1, -0.05) is 24.3 Å². The fourth-order valence-corrected chi connectivity index (χ4v) is 2.87. The Morgan fingerprint density at radius 1 is 1.11 bits per heavy atom. The predicted molar refractivity (Wildman–Crippen MR) is 73.8 cm³/mol. The number of carbonyl (C=O) groups is 1. The van der Waals surface area contributed by atoms with Gasteiger partial charge in [0.15, 0.2) is 0 Å². The fraction of sp³-hybridized carbons (Fsp3) is 0.500. The highest BCUT2D eigenvalue weighted by Crippen LogP contribution is 2.24. The van der Waals surface area contributed by atoms with Crippen LogP contribution in [0, 0.1) is 0 Å². The number of nitrogens with zero attached hydrogens (tertiary/aromatic N) is 1. The van der Waals surface area contributed by atoms with E-state index in [1.807, 2.05) is 6.07 Å². The highest BCUT2D eigenvalue weighted by molar-refractivity contribution is 5.85. The molecule has 3 nitrogen and oxygen atoms in total. The quantitative estimate of drug-likeness (QED) is 0.840. The summed E-state index contributed by atoms with van der Waals surface area (Å²) in [6.07, 6.45) is 2.77. The molecule has 98 valence electrons. The smallest absolute Gasteiger partial charge is 0.227 e. The van der Waals surface area contributed by atoms with E-state index >= 15 is 0 Å². The van der Waals surface area contributed by atoms with Gasteiger partial charge >= 0.3 is 0 Å². The second-order valence-electron chi connectivity index (χ2n) is 4.95. The van der Waals surface area contributed by atoms with Crippen molar-refractivity contribution in [3.63, 3.8) is 0 Å². The monoisotopic (exact) mass is 266 g/mol. The minimum absolute atomic E-state index is 0. The summed E-state index contributed by atoms with van der Waals surface area (Å²) in [5, 5.41) is 3.35. The van der Waals surface area contributed by atoms with E-state index in [1.54, 1.807) is 0 Å². The Bertz CT molecular complexity index is 430. The van der Waals surface area contributed by atoms with Gasteiger partial charge in [-0.2, -0.15) is 0 Å². The minimum Gasteiger partial charge on any atom is -0.335 e. The molecule has 0 saturated carbocycles. The van der Waals surface area contributed by atoms with Crippen LogP contribution in [-0.4, -0.2) is 29.9 Å². The molecule has 1 saturated heterocycles. The van der Waals surface area contributed by atoms with Gasteiger partial charge in [0.2, 0.25) is 5.91 Å². The molecule has 0 radical (unpaired) electrons. The molecule has 0 spiro atoms. The number of halogens is 1. The van der Waals surface area contributed by atoms with Gasteiger partial charge in [0, 0.05) is 12.6 Å². The Morgan fingerprint density at radius 2 is 1.78 bits per heavy atom.